The molecule has 0 atom stereocenters. The molecule has 1 aromatic heterocycles. The van der Waals surface area contributed by atoms with Crippen LogP contribution in [-0.2, 0) is 11.3 Å². The van der Waals surface area contributed by atoms with E-state index in [1.54, 1.807) is 12.1 Å². The molecule has 0 bridgehead atoms. The molecule has 34 heavy (non-hydrogen) atoms. The first kappa shape index (κ1) is 23.4. The Bertz CT molecular complexity index is 1110. The second-order valence-electron chi connectivity index (χ2n) is 8.61. The van der Waals surface area contributed by atoms with Gasteiger partial charge in [-0.15, -0.1) is 0 Å². The van der Waals surface area contributed by atoms with Crippen LogP contribution >= 0.6 is 0 Å². The minimum absolute atomic E-state index is 0.239. The number of carbonyl (C=O) groups is 2. The number of ether oxygens (including phenoxy) is 1. The molecular weight excluding hydrogens is 428 g/mol. The number of benzene rings is 2. The summed E-state index contributed by atoms with van der Waals surface area (Å²) in [4.78, 5) is 30.4. The lowest BCUT2D eigenvalue weighted by Crippen LogP contribution is -2.35. The van der Waals surface area contributed by atoms with E-state index in [9.17, 15) is 9.59 Å². The van der Waals surface area contributed by atoms with Crippen LogP contribution in [0.1, 0.15) is 35.7 Å². The average molecular weight is 459 g/mol. The van der Waals surface area contributed by atoms with Crippen LogP contribution in [0.15, 0.2) is 72.9 Å². The average Bonchev–Trinajstić information content (AvgIpc) is 2.84. The summed E-state index contributed by atoms with van der Waals surface area (Å²) < 4.78 is 6.06. The van der Waals surface area contributed by atoms with Gasteiger partial charge in [-0.25, -0.2) is 4.98 Å². The fraction of sp³-hybridized carbons (Fsp3) is 0.296. The van der Waals surface area contributed by atoms with Gasteiger partial charge in [0, 0.05) is 37.0 Å². The molecule has 0 aliphatic carbocycles. The van der Waals surface area contributed by atoms with Crippen molar-refractivity contribution in [3.8, 4) is 5.75 Å². The Morgan fingerprint density at radius 2 is 1.79 bits per heavy atom. The van der Waals surface area contributed by atoms with E-state index in [2.05, 4.69) is 50.8 Å². The van der Waals surface area contributed by atoms with Gasteiger partial charge in [0.2, 0.25) is 5.91 Å². The van der Waals surface area contributed by atoms with Gasteiger partial charge in [0.25, 0.3) is 5.91 Å². The van der Waals surface area contributed by atoms with Crippen molar-refractivity contribution in [3.63, 3.8) is 0 Å². The summed E-state index contributed by atoms with van der Waals surface area (Å²) in [6, 6.07) is 21.2. The van der Waals surface area contributed by atoms with E-state index in [0.29, 0.717) is 29.6 Å². The van der Waals surface area contributed by atoms with Gasteiger partial charge in [0.15, 0.2) is 0 Å². The van der Waals surface area contributed by atoms with E-state index in [1.807, 2.05) is 24.3 Å². The Labute approximate surface area is 200 Å². The Kier molecular flexibility index (Phi) is 7.88. The molecule has 1 saturated heterocycles. The first-order valence-corrected chi connectivity index (χ1v) is 11.6. The Morgan fingerprint density at radius 3 is 2.56 bits per heavy atom. The first-order valence-electron chi connectivity index (χ1n) is 11.6. The number of pyridine rings is 1. The Balaban J connectivity index is 1.25. The number of hydrogen-bond donors (Lipinski definition) is 2. The number of hydrogen-bond acceptors (Lipinski definition) is 5. The molecule has 4 rings (SSSR count). The van der Waals surface area contributed by atoms with Gasteiger partial charge in [-0.2, -0.15) is 0 Å². The van der Waals surface area contributed by atoms with Crippen LogP contribution in [0.25, 0.3) is 0 Å². The van der Waals surface area contributed by atoms with Crippen molar-refractivity contribution >= 4 is 23.3 Å². The molecule has 1 fully saturated rings. The van der Waals surface area contributed by atoms with E-state index < -0.39 is 0 Å². The molecule has 2 amide bonds. The summed E-state index contributed by atoms with van der Waals surface area (Å²) in [5.41, 5.74) is 2.42. The van der Waals surface area contributed by atoms with Crippen molar-refractivity contribution in [2.24, 2.45) is 5.92 Å². The number of likely N-dealkylation sites (tertiary alicyclic amines) is 1. The number of rotatable bonds is 8. The molecule has 2 heterocycles. The molecule has 176 valence electrons. The van der Waals surface area contributed by atoms with Crippen molar-refractivity contribution in [1.82, 2.24) is 9.88 Å². The number of anilines is 2. The summed E-state index contributed by atoms with van der Waals surface area (Å²) in [6.45, 7) is 5.21. The molecule has 0 radical (unpaired) electrons. The molecule has 2 N–H and O–H groups in total. The van der Waals surface area contributed by atoms with Gasteiger partial charge in [0.1, 0.15) is 11.6 Å². The third-order valence-corrected chi connectivity index (χ3v) is 5.86. The summed E-state index contributed by atoms with van der Waals surface area (Å²) in [5.74, 6) is 1.08. The van der Waals surface area contributed by atoms with Gasteiger partial charge >= 0.3 is 0 Å². The zero-order valence-corrected chi connectivity index (χ0v) is 19.4. The van der Waals surface area contributed by atoms with Crippen LogP contribution in [0.4, 0.5) is 11.5 Å². The third kappa shape index (κ3) is 6.89. The van der Waals surface area contributed by atoms with E-state index in [4.69, 9.17) is 4.74 Å². The molecule has 0 saturated carbocycles. The van der Waals surface area contributed by atoms with Crippen molar-refractivity contribution in [2.75, 3.05) is 30.3 Å². The lowest BCUT2D eigenvalue weighted by Gasteiger charge is -2.31. The van der Waals surface area contributed by atoms with Crippen molar-refractivity contribution < 1.29 is 14.3 Å². The highest BCUT2D eigenvalue weighted by molar-refractivity contribution is 6.05. The molecule has 0 unspecified atom stereocenters. The van der Waals surface area contributed by atoms with Crippen LogP contribution in [-0.4, -0.2) is 41.4 Å². The van der Waals surface area contributed by atoms with E-state index >= 15 is 0 Å². The lowest BCUT2D eigenvalue weighted by atomic mass is 9.97. The topological polar surface area (TPSA) is 83.6 Å². The molecule has 3 aromatic rings. The maximum absolute atomic E-state index is 12.6. The second kappa shape index (κ2) is 11.4. The highest BCUT2D eigenvalue weighted by Crippen LogP contribution is 2.23. The molecular formula is C27H30N4O3. The molecule has 7 nitrogen and oxygen atoms in total. The highest BCUT2D eigenvalue weighted by atomic mass is 16.5. The standard InChI is InChI=1S/C27H30N4O3/c1-20(32)29-26-16-23(10-13-28-26)27(33)30-24-8-5-9-25(17-24)34-19-22-11-14-31(15-12-22)18-21-6-3-2-4-7-21/h2-10,13,16-17,22H,11-12,14-15,18-19H2,1H3,(H,30,33)(H,28,29,32). The molecule has 0 spiro atoms. The van der Waals surface area contributed by atoms with Gasteiger partial charge in [-0.05, 0) is 61.7 Å². The van der Waals surface area contributed by atoms with Gasteiger partial charge in [0.05, 0.1) is 6.61 Å². The van der Waals surface area contributed by atoms with Crippen LogP contribution in [0.2, 0.25) is 0 Å². The Hall–Kier alpha value is -3.71. The van der Waals surface area contributed by atoms with Crippen LogP contribution in [0.5, 0.6) is 5.75 Å². The smallest absolute Gasteiger partial charge is 0.255 e. The lowest BCUT2D eigenvalue weighted by molar-refractivity contribution is -0.114. The van der Waals surface area contributed by atoms with Gasteiger partial charge < -0.3 is 15.4 Å². The second-order valence-corrected chi connectivity index (χ2v) is 8.61. The summed E-state index contributed by atoms with van der Waals surface area (Å²) in [5, 5.41) is 5.46. The summed E-state index contributed by atoms with van der Waals surface area (Å²) in [7, 11) is 0. The maximum atomic E-state index is 12.6. The predicted octanol–water partition coefficient (Wildman–Crippen LogP) is 4.58. The fourth-order valence-electron chi connectivity index (χ4n) is 4.05. The summed E-state index contributed by atoms with van der Waals surface area (Å²) in [6.07, 6.45) is 3.72. The maximum Gasteiger partial charge on any atom is 0.255 e. The number of piperidine rings is 1. The van der Waals surface area contributed by atoms with Gasteiger partial charge in [-0.3, -0.25) is 14.5 Å². The normalized spacial score (nSPS) is 14.4. The molecule has 1 aliphatic heterocycles. The van der Waals surface area contributed by atoms with E-state index in [-0.39, 0.29) is 11.8 Å². The molecule has 2 aromatic carbocycles. The molecule has 7 heteroatoms. The number of carbonyl (C=O) groups excluding carboxylic acids is 2. The van der Waals surface area contributed by atoms with Crippen LogP contribution in [0.3, 0.4) is 0 Å². The summed E-state index contributed by atoms with van der Waals surface area (Å²) >= 11 is 0. The van der Waals surface area contributed by atoms with E-state index in [1.165, 1.54) is 18.7 Å². The zero-order valence-electron chi connectivity index (χ0n) is 19.4. The van der Waals surface area contributed by atoms with Crippen LogP contribution < -0.4 is 15.4 Å². The minimum atomic E-state index is -0.281. The first-order chi connectivity index (χ1) is 16.5. The van der Waals surface area contributed by atoms with E-state index in [0.717, 1.165) is 38.2 Å². The SMILES string of the molecule is CC(=O)Nc1cc(C(=O)Nc2cccc(OCC3CCN(Cc4ccccc4)CC3)c2)ccn1. The monoisotopic (exact) mass is 458 g/mol. The predicted molar refractivity (Wildman–Crippen MR) is 133 cm³/mol. The number of nitrogens with zero attached hydrogens (tertiary/aromatic N) is 2. The van der Waals surface area contributed by atoms with Gasteiger partial charge in [-0.1, -0.05) is 36.4 Å². The zero-order chi connectivity index (χ0) is 23.8. The van der Waals surface area contributed by atoms with Crippen molar-refractivity contribution in [3.05, 3.63) is 84.1 Å². The van der Waals surface area contributed by atoms with Crippen LogP contribution in [0, 0.1) is 5.92 Å². The largest absolute Gasteiger partial charge is 0.493 e. The van der Waals surface area contributed by atoms with Crippen molar-refractivity contribution in [2.45, 2.75) is 26.3 Å². The number of aromatic nitrogens is 1. The molecule has 1 aliphatic rings. The third-order valence-electron chi connectivity index (χ3n) is 5.86. The Morgan fingerprint density at radius 1 is 1.00 bits per heavy atom. The quantitative estimate of drug-likeness (QED) is 0.516. The highest BCUT2D eigenvalue weighted by Gasteiger charge is 2.20. The number of amides is 2. The van der Waals surface area contributed by atoms with Crippen molar-refractivity contribution in [1.29, 1.82) is 0 Å². The fourth-order valence-corrected chi connectivity index (χ4v) is 4.05. The minimum Gasteiger partial charge on any atom is -0.493 e. The number of nitrogens with one attached hydrogen (secondary N) is 2.